The summed E-state index contributed by atoms with van der Waals surface area (Å²) in [6.45, 7) is 13.3. The number of carbonyl (C=O) groups excluding carboxylic acids is 3. The topological polar surface area (TPSA) is 153 Å². The molecule has 1 N–H and O–H groups in total. The van der Waals surface area contributed by atoms with Crippen molar-refractivity contribution in [2.75, 3.05) is 33.3 Å². The highest BCUT2D eigenvalue weighted by molar-refractivity contribution is 5.97. The lowest BCUT2D eigenvalue weighted by Crippen LogP contribution is -2.51. The van der Waals surface area contributed by atoms with Gasteiger partial charge >= 0.3 is 12.1 Å². The van der Waals surface area contributed by atoms with Crippen LogP contribution in [0.3, 0.4) is 0 Å². The number of amides is 2. The Hall–Kier alpha value is -5.53. The number of H-pyrrole nitrogens is 1. The van der Waals surface area contributed by atoms with Gasteiger partial charge in [0.1, 0.15) is 17.0 Å². The molecule has 0 saturated carbocycles. The number of methoxy groups -OCH3 is 1. The van der Waals surface area contributed by atoms with Crippen molar-refractivity contribution in [2.45, 2.75) is 72.1 Å². The predicted octanol–water partition coefficient (Wildman–Crippen LogP) is 5.94. The van der Waals surface area contributed by atoms with Crippen LogP contribution in [0.25, 0.3) is 33.4 Å². The molecule has 3 aromatic heterocycles. The fourth-order valence-electron chi connectivity index (χ4n) is 6.55. The Labute approximate surface area is 303 Å². The first-order valence-corrected chi connectivity index (χ1v) is 17.7. The molecule has 0 bridgehead atoms. The fraction of sp³-hybridized carbons (Fsp3) is 0.447. The molecule has 0 unspecified atom stereocenters. The second kappa shape index (κ2) is 15.0. The third kappa shape index (κ3) is 8.16. The van der Waals surface area contributed by atoms with E-state index in [2.05, 4.69) is 46.4 Å². The van der Waals surface area contributed by atoms with Crippen LogP contribution < -0.4 is 0 Å². The molecule has 14 nitrogen and oxygen atoms in total. The number of esters is 1. The lowest BCUT2D eigenvalue weighted by Gasteiger charge is -2.35. The van der Waals surface area contributed by atoms with Gasteiger partial charge in [0.25, 0.3) is 5.91 Å². The quantitative estimate of drug-likeness (QED) is 0.174. The number of hydrogen-bond donors (Lipinski definition) is 1. The molecule has 5 aromatic rings. The van der Waals surface area contributed by atoms with Gasteiger partial charge in [-0.15, -0.1) is 10.2 Å². The van der Waals surface area contributed by atoms with Crippen molar-refractivity contribution in [1.29, 1.82) is 0 Å². The van der Waals surface area contributed by atoms with Crippen LogP contribution in [0.2, 0.25) is 0 Å². The maximum absolute atomic E-state index is 14.1. The molecule has 1 saturated heterocycles. The third-order valence-corrected chi connectivity index (χ3v) is 9.16. The van der Waals surface area contributed by atoms with Crippen LogP contribution in [0.4, 0.5) is 4.79 Å². The Kier molecular flexibility index (Phi) is 10.4. The minimum atomic E-state index is -0.779. The Morgan fingerprint density at radius 2 is 1.48 bits per heavy atom. The van der Waals surface area contributed by atoms with Gasteiger partial charge in [0, 0.05) is 66.4 Å². The van der Waals surface area contributed by atoms with Crippen molar-refractivity contribution in [3.8, 4) is 22.5 Å². The number of hydrogen-bond acceptors (Lipinski definition) is 9. The summed E-state index contributed by atoms with van der Waals surface area (Å²) in [7, 11) is 1.35. The summed E-state index contributed by atoms with van der Waals surface area (Å²) >= 11 is 0. The van der Waals surface area contributed by atoms with Crippen molar-refractivity contribution < 1.29 is 23.9 Å². The number of para-hydroxylation sites is 1. The van der Waals surface area contributed by atoms with E-state index in [4.69, 9.17) is 9.47 Å². The molecule has 2 atom stereocenters. The van der Waals surface area contributed by atoms with Crippen molar-refractivity contribution in [1.82, 2.24) is 44.8 Å². The summed E-state index contributed by atoms with van der Waals surface area (Å²) in [6, 6.07) is 12.7. The molecule has 0 radical (unpaired) electrons. The van der Waals surface area contributed by atoms with Gasteiger partial charge in [-0.3, -0.25) is 4.79 Å². The summed E-state index contributed by atoms with van der Waals surface area (Å²) in [5, 5.41) is 18.7. The van der Waals surface area contributed by atoms with Crippen molar-refractivity contribution in [3.05, 3.63) is 72.2 Å². The van der Waals surface area contributed by atoms with Crippen molar-refractivity contribution in [2.24, 2.45) is 5.92 Å². The van der Waals surface area contributed by atoms with Gasteiger partial charge in [0.05, 0.1) is 25.5 Å². The van der Waals surface area contributed by atoms with E-state index in [1.807, 2.05) is 74.2 Å². The number of carbonyl (C=O) groups is 3. The number of fused-ring (bicyclic) bond motifs is 1. The van der Waals surface area contributed by atoms with E-state index < -0.39 is 23.7 Å². The number of aromatic amines is 1. The number of nitrogens with zero attached hydrogens (tertiary/aromatic N) is 8. The fourth-order valence-corrected chi connectivity index (χ4v) is 6.55. The molecule has 0 spiro atoms. The molecule has 0 aliphatic carbocycles. The minimum Gasteiger partial charge on any atom is -0.467 e. The standard InChI is InChI=1S/C38H47N9O5/c1-24(2)16-25(3)46-22-32(40-42-46)26-17-27(19-28(18-26)35(48)44-12-14-45(15-13-44)37(50)52-38(4,5)6)33-23-47(43-41-33)34(36(49)51-7)20-29-21-39-31-11-9-8-10-30(29)31/h8-11,17-19,21-25,34,39H,12-16,20H2,1-7H3/t25-,34+/m1/s1. The molecule has 1 aliphatic rings. The van der Waals surface area contributed by atoms with Gasteiger partial charge in [-0.1, -0.05) is 42.5 Å². The molecular weight excluding hydrogens is 662 g/mol. The van der Waals surface area contributed by atoms with E-state index in [1.165, 1.54) is 11.8 Å². The van der Waals surface area contributed by atoms with Gasteiger partial charge in [-0.2, -0.15) is 0 Å². The van der Waals surface area contributed by atoms with Crippen LogP contribution in [0.1, 0.15) is 76.0 Å². The molecule has 52 heavy (non-hydrogen) atoms. The number of nitrogens with one attached hydrogen (secondary N) is 1. The first kappa shape index (κ1) is 36.3. The first-order valence-electron chi connectivity index (χ1n) is 17.7. The van der Waals surface area contributed by atoms with Gasteiger partial charge in [-0.05, 0) is 69.9 Å². The maximum Gasteiger partial charge on any atom is 0.410 e. The van der Waals surface area contributed by atoms with Crippen LogP contribution in [0.15, 0.2) is 61.1 Å². The van der Waals surface area contributed by atoms with Crippen LogP contribution in [-0.2, 0) is 20.7 Å². The second-order valence-electron chi connectivity index (χ2n) is 14.8. The summed E-state index contributed by atoms with van der Waals surface area (Å²) < 4.78 is 14.1. The zero-order valence-electron chi connectivity index (χ0n) is 30.9. The summed E-state index contributed by atoms with van der Waals surface area (Å²) in [6.07, 6.45) is 6.36. The molecule has 1 fully saturated rings. The van der Waals surface area contributed by atoms with Crippen LogP contribution in [0, 0.1) is 5.92 Å². The molecule has 6 rings (SSSR count). The lowest BCUT2D eigenvalue weighted by molar-refractivity contribution is -0.144. The number of ether oxygens (including phenoxy) is 2. The summed E-state index contributed by atoms with van der Waals surface area (Å²) in [5.41, 5.74) is 4.13. The Morgan fingerprint density at radius 1 is 0.865 bits per heavy atom. The highest BCUT2D eigenvalue weighted by Gasteiger charge is 2.30. The monoisotopic (exact) mass is 709 g/mol. The van der Waals surface area contributed by atoms with Crippen molar-refractivity contribution in [3.63, 3.8) is 0 Å². The molecule has 274 valence electrons. The molecule has 2 amide bonds. The van der Waals surface area contributed by atoms with Gasteiger partial charge in [0.2, 0.25) is 0 Å². The van der Waals surface area contributed by atoms with E-state index >= 15 is 0 Å². The van der Waals surface area contributed by atoms with Crippen LogP contribution in [0.5, 0.6) is 0 Å². The average molecular weight is 710 g/mol. The lowest BCUT2D eigenvalue weighted by atomic mass is 10.0. The maximum atomic E-state index is 14.1. The van der Waals surface area contributed by atoms with E-state index in [9.17, 15) is 14.4 Å². The highest BCUT2D eigenvalue weighted by Crippen LogP contribution is 2.30. The second-order valence-corrected chi connectivity index (χ2v) is 14.8. The van der Waals surface area contributed by atoms with Gasteiger partial charge in [0.15, 0.2) is 6.04 Å². The Balaban J connectivity index is 1.31. The smallest absolute Gasteiger partial charge is 0.410 e. The summed E-state index contributed by atoms with van der Waals surface area (Å²) in [5.74, 6) is -0.158. The largest absolute Gasteiger partial charge is 0.467 e. The molecule has 4 heterocycles. The summed E-state index contributed by atoms with van der Waals surface area (Å²) in [4.78, 5) is 46.5. The highest BCUT2D eigenvalue weighted by atomic mass is 16.6. The number of rotatable bonds is 10. The van der Waals surface area contributed by atoms with E-state index in [0.717, 1.165) is 22.9 Å². The van der Waals surface area contributed by atoms with Gasteiger partial charge in [-0.25, -0.2) is 19.0 Å². The Bertz CT molecular complexity index is 2050. The SMILES string of the molecule is COC(=O)[C@H](Cc1c[nH]c2ccccc12)n1cc(-c2cc(C(=O)N3CCN(C(=O)OC(C)(C)C)CC3)cc(-c3cn([C@H](C)CC(C)C)nn3)c2)nn1. The Morgan fingerprint density at radius 3 is 2.12 bits per heavy atom. The normalized spacial score (nSPS) is 14.8. The van der Waals surface area contributed by atoms with Crippen molar-refractivity contribution >= 4 is 28.9 Å². The zero-order chi connectivity index (χ0) is 37.2. The average Bonchev–Trinajstić information content (AvgIpc) is 3.90. The predicted molar refractivity (Wildman–Crippen MR) is 195 cm³/mol. The number of piperazine rings is 1. The molecule has 14 heteroatoms. The molecule has 2 aromatic carbocycles. The minimum absolute atomic E-state index is 0.138. The van der Waals surface area contributed by atoms with Crippen LogP contribution >= 0.6 is 0 Å². The number of benzene rings is 2. The number of aromatic nitrogens is 7. The van der Waals surface area contributed by atoms with Crippen LogP contribution in [-0.4, -0.2) is 102 Å². The molecule has 1 aliphatic heterocycles. The zero-order valence-corrected chi connectivity index (χ0v) is 30.9. The van der Waals surface area contributed by atoms with E-state index in [0.29, 0.717) is 66.6 Å². The van der Waals surface area contributed by atoms with E-state index in [1.54, 1.807) is 22.1 Å². The third-order valence-electron chi connectivity index (χ3n) is 9.16. The first-order chi connectivity index (χ1) is 24.8. The van der Waals surface area contributed by atoms with Gasteiger partial charge < -0.3 is 24.3 Å². The van der Waals surface area contributed by atoms with E-state index in [-0.39, 0.29) is 11.9 Å². The molecular formula is C38H47N9O5.